The molecule has 7 nitrogen and oxygen atoms in total. The number of fused-ring (bicyclic) bond motifs is 1. The number of nitro groups is 1. The van der Waals surface area contributed by atoms with E-state index in [1.54, 1.807) is 25.1 Å². The number of nitro benzene ring substituents is 1. The van der Waals surface area contributed by atoms with Crippen LogP contribution in [0.3, 0.4) is 0 Å². The van der Waals surface area contributed by atoms with Crippen molar-refractivity contribution in [1.29, 1.82) is 0 Å². The lowest BCUT2D eigenvalue weighted by Crippen LogP contribution is -2.42. The highest BCUT2D eigenvalue weighted by atomic mass is 16.6. The third-order valence-electron chi connectivity index (χ3n) is 5.97. The third kappa shape index (κ3) is 3.63. The zero-order chi connectivity index (χ0) is 22.1. The summed E-state index contributed by atoms with van der Waals surface area (Å²) < 4.78 is 4.98. The second-order valence-electron chi connectivity index (χ2n) is 7.74. The maximum atomic E-state index is 13.4. The van der Waals surface area contributed by atoms with Crippen molar-refractivity contribution in [3.8, 4) is 0 Å². The number of hydrogen-bond acceptors (Lipinski definition) is 6. The number of para-hydroxylation sites is 1. The van der Waals surface area contributed by atoms with Gasteiger partial charge >= 0.3 is 5.97 Å². The standard InChI is InChI=1S/C24H22N2O5/c1-14-21(24(28)31-2)22(17-10-6-7-11-19(17)26(29)30)23-18(25-14)12-16(13-20(23)27)15-8-4-3-5-9-15/h3-12,16,22-23,25H,13H2,1-2H3. The molecule has 0 saturated heterocycles. The van der Waals surface area contributed by atoms with Crippen molar-refractivity contribution in [2.24, 2.45) is 5.92 Å². The summed E-state index contributed by atoms with van der Waals surface area (Å²) in [6, 6.07) is 16.0. The summed E-state index contributed by atoms with van der Waals surface area (Å²) in [5.74, 6) is -2.31. The van der Waals surface area contributed by atoms with Gasteiger partial charge in [0.15, 0.2) is 0 Å². The molecule has 1 N–H and O–H groups in total. The van der Waals surface area contributed by atoms with E-state index in [0.29, 0.717) is 17.0 Å². The van der Waals surface area contributed by atoms with Crippen molar-refractivity contribution < 1.29 is 19.2 Å². The number of hydrogen-bond donors (Lipinski definition) is 1. The van der Waals surface area contributed by atoms with Gasteiger partial charge in [-0.05, 0) is 12.5 Å². The van der Waals surface area contributed by atoms with E-state index in [0.717, 1.165) is 5.56 Å². The van der Waals surface area contributed by atoms with Crippen LogP contribution >= 0.6 is 0 Å². The number of Topliss-reactive ketones (excluding diaryl/α,β-unsaturated/α-hetero) is 1. The molecule has 4 rings (SSSR count). The number of ether oxygens (including phenoxy) is 1. The summed E-state index contributed by atoms with van der Waals surface area (Å²) in [4.78, 5) is 37.4. The molecular weight excluding hydrogens is 396 g/mol. The normalized spacial score (nSPS) is 22.8. The van der Waals surface area contributed by atoms with Crippen molar-refractivity contribution in [3.63, 3.8) is 0 Å². The van der Waals surface area contributed by atoms with Crippen LogP contribution in [0.15, 0.2) is 77.6 Å². The Morgan fingerprint density at radius 1 is 1.10 bits per heavy atom. The predicted octanol–water partition coefficient (Wildman–Crippen LogP) is 3.99. The molecule has 2 aromatic rings. The van der Waals surface area contributed by atoms with E-state index in [1.807, 2.05) is 36.4 Å². The number of nitrogens with zero attached hydrogens (tertiary/aromatic N) is 1. The lowest BCUT2D eigenvalue weighted by Gasteiger charge is -2.39. The van der Waals surface area contributed by atoms with E-state index >= 15 is 0 Å². The van der Waals surface area contributed by atoms with E-state index in [-0.39, 0.29) is 29.4 Å². The van der Waals surface area contributed by atoms with Gasteiger partial charge in [-0.15, -0.1) is 0 Å². The van der Waals surface area contributed by atoms with Gasteiger partial charge in [-0.3, -0.25) is 14.9 Å². The highest BCUT2D eigenvalue weighted by Gasteiger charge is 2.46. The van der Waals surface area contributed by atoms with Crippen LogP contribution in [0.25, 0.3) is 0 Å². The van der Waals surface area contributed by atoms with Gasteiger partial charge in [-0.2, -0.15) is 0 Å². The van der Waals surface area contributed by atoms with Crippen molar-refractivity contribution >= 4 is 17.4 Å². The molecule has 7 heteroatoms. The van der Waals surface area contributed by atoms with Gasteiger partial charge in [0.05, 0.1) is 23.5 Å². The zero-order valence-corrected chi connectivity index (χ0v) is 17.2. The number of carbonyl (C=O) groups is 2. The molecule has 1 aliphatic carbocycles. The van der Waals surface area contributed by atoms with Crippen molar-refractivity contribution in [3.05, 3.63) is 98.9 Å². The highest BCUT2D eigenvalue weighted by molar-refractivity contribution is 5.96. The summed E-state index contributed by atoms with van der Waals surface area (Å²) in [6.45, 7) is 1.72. The number of benzene rings is 2. The molecule has 0 aromatic heterocycles. The van der Waals surface area contributed by atoms with Crippen LogP contribution in [0.4, 0.5) is 5.69 Å². The molecule has 2 aromatic carbocycles. The molecule has 0 radical (unpaired) electrons. The third-order valence-corrected chi connectivity index (χ3v) is 5.97. The Morgan fingerprint density at radius 3 is 2.45 bits per heavy atom. The second-order valence-corrected chi connectivity index (χ2v) is 7.74. The molecule has 31 heavy (non-hydrogen) atoms. The van der Waals surface area contributed by atoms with Gasteiger partial charge in [0, 0.05) is 41.3 Å². The second kappa shape index (κ2) is 8.18. The molecule has 3 unspecified atom stereocenters. The molecule has 2 aliphatic rings. The average molecular weight is 418 g/mol. The van der Waals surface area contributed by atoms with E-state index in [9.17, 15) is 19.7 Å². The molecule has 0 saturated carbocycles. The summed E-state index contributed by atoms with van der Waals surface area (Å²) in [5.41, 5.74) is 2.66. The maximum Gasteiger partial charge on any atom is 0.336 e. The summed E-state index contributed by atoms with van der Waals surface area (Å²) >= 11 is 0. The van der Waals surface area contributed by atoms with Crippen LogP contribution in [0, 0.1) is 16.0 Å². The fourth-order valence-corrected chi connectivity index (χ4v) is 4.62. The van der Waals surface area contributed by atoms with Gasteiger partial charge in [0.2, 0.25) is 0 Å². The van der Waals surface area contributed by atoms with Crippen LogP contribution in [0.5, 0.6) is 0 Å². The Balaban J connectivity index is 1.90. The van der Waals surface area contributed by atoms with Crippen LogP contribution in [-0.4, -0.2) is 23.8 Å². The lowest BCUT2D eigenvalue weighted by molar-refractivity contribution is -0.385. The summed E-state index contributed by atoms with van der Waals surface area (Å²) in [7, 11) is 1.26. The van der Waals surface area contributed by atoms with Crippen molar-refractivity contribution in [1.82, 2.24) is 5.32 Å². The van der Waals surface area contributed by atoms with Crippen LogP contribution in [-0.2, 0) is 14.3 Å². The number of carbonyl (C=O) groups excluding carboxylic acids is 2. The van der Waals surface area contributed by atoms with Gasteiger partial charge in [0.25, 0.3) is 5.69 Å². The molecule has 0 bridgehead atoms. The monoisotopic (exact) mass is 418 g/mol. The molecule has 0 spiro atoms. The smallest absolute Gasteiger partial charge is 0.336 e. The van der Waals surface area contributed by atoms with Gasteiger partial charge in [-0.25, -0.2) is 4.79 Å². The van der Waals surface area contributed by atoms with Gasteiger partial charge in [-0.1, -0.05) is 54.6 Å². The molecule has 1 heterocycles. The Kier molecular flexibility index (Phi) is 5.42. The van der Waals surface area contributed by atoms with Gasteiger partial charge in [0.1, 0.15) is 5.78 Å². The Bertz CT molecular complexity index is 1120. The number of ketones is 1. The first-order valence-electron chi connectivity index (χ1n) is 10.0. The molecule has 3 atom stereocenters. The maximum absolute atomic E-state index is 13.4. The quantitative estimate of drug-likeness (QED) is 0.458. The molecular formula is C24H22N2O5. The fraction of sp³-hybridized carbons (Fsp3) is 0.250. The first kappa shape index (κ1) is 20.5. The number of methoxy groups -OCH3 is 1. The van der Waals surface area contributed by atoms with Crippen LogP contribution < -0.4 is 5.32 Å². The van der Waals surface area contributed by atoms with Crippen molar-refractivity contribution in [2.45, 2.75) is 25.2 Å². The topological polar surface area (TPSA) is 98.5 Å². The number of nitrogens with one attached hydrogen (secondary N) is 1. The fourth-order valence-electron chi connectivity index (χ4n) is 4.62. The lowest BCUT2D eigenvalue weighted by atomic mass is 9.68. The highest BCUT2D eigenvalue weighted by Crippen LogP contribution is 2.48. The first-order chi connectivity index (χ1) is 14.9. The van der Waals surface area contributed by atoms with E-state index in [1.165, 1.54) is 13.2 Å². The Labute approximate surface area is 179 Å². The zero-order valence-electron chi connectivity index (χ0n) is 17.2. The molecule has 158 valence electrons. The summed E-state index contributed by atoms with van der Waals surface area (Å²) in [6.07, 6.45) is 2.26. The minimum atomic E-state index is -0.800. The van der Waals surface area contributed by atoms with Crippen LogP contribution in [0.2, 0.25) is 0 Å². The number of allylic oxidation sites excluding steroid dienone is 3. The minimum Gasteiger partial charge on any atom is -0.466 e. The van der Waals surface area contributed by atoms with Gasteiger partial charge < -0.3 is 10.1 Å². The van der Waals surface area contributed by atoms with Crippen LogP contribution in [0.1, 0.15) is 36.3 Å². The van der Waals surface area contributed by atoms with Crippen molar-refractivity contribution in [2.75, 3.05) is 7.11 Å². The Morgan fingerprint density at radius 2 is 1.77 bits per heavy atom. The Hall–Kier alpha value is -3.74. The predicted molar refractivity (Wildman–Crippen MR) is 114 cm³/mol. The number of rotatable bonds is 4. The van der Waals surface area contributed by atoms with E-state index in [4.69, 9.17) is 4.74 Å². The molecule has 0 amide bonds. The molecule has 1 aliphatic heterocycles. The minimum absolute atomic E-state index is 0.0732. The average Bonchev–Trinajstić information content (AvgIpc) is 2.78. The van der Waals surface area contributed by atoms with E-state index < -0.39 is 22.7 Å². The SMILES string of the molecule is COC(=O)C1=C(C)NC2=CC(c3ccccc3)CC(=O)C2C1c1ccccc1[N+](=O)[O-]. The number of esters is 1. The first-order valence-corrected chi connectivity index (χ1v) is 10.0. The largest absolute Gasteiger partial charge is 0.466 e. The molecule has 0 fully saturated rings. The van der Waals surface area contributed by atoms with E-state index in [2.05, 4.69) is 5.32 Å². The summed E-state index contributed by atoms with van der Waals surface area (Å²) in [5, 5.41) is 14.9.